The smallest absolute Gasteiger partial charge is 0.157 e. The Bertz CT molecular complexity index is 523. The Morgan fingerprint density at radius 2 is 2.12 bits per heavy atom. The molecule has 0 spiro atoms. The minimum absolute atomic E-state index is 0.0405. The van der Waals surface area contributed by atoms with Crippen LogP contribution >= 0.6 is 0 Å². The highest BCUT2D eigenvalue weighted by Gasteiger charge is 2.36. The van der Waals surface area contributed by atoms with Crippen LogP contribution in [0.2, 0.25) is 0 Å². The number of hydrogen-bond donors (Lipinski definition) is 2. The van der Waals surface area contributed by atoms with Crippen molar-refractivity contribution in [1.29, 1.82) is 0 Å². The van der Waals surface area contributed by atoms with Crippen LogP contribution in [0.5, 0.6) is 0 Å². The third-order valence-electron chi connectivity index (χ3n) is 3.66. The molecule has 0 radical (unpaired) electrons. The lowest BCUT2D eigenvalue weighted by molar-refractivity contribution is 0.286. The summed E-state index contributed by atoms with van der Waals surface area (Å²) in [5.74, 6) is 0.855. The first kappa shape index (κ1) is 10.5. The zero-order chi connectivity index (χ0) is 11.7. The van der Waals surface area contributed by atoms with Crippen LogP contribution in [0.1, 0.15) is 19.3 Å². The molecule has 4 heteroatoms. The minimum Gasteiger partial charge on any atom is -0.361 e. The van der Waals surface area contributed by atoms with Crippen LogP contribution < -0.4 is 11.1 Å². The van der Waals surface area contributed by atoms with E-state index in [1.165, 1.54) is 6.42 Å². The first-order valence-electron chi connectivity index (χ1n) is 6.02. The first-order valence-corrected chi connectivity index (χ1v) is 6.02. The summed E-state index contributed by atoms with van der Waals surface area (Å²) in [6.07, 6.45) is 5.27. The van der Waals surface area contributed by atoms with Gasteiger partial charge in [-0.05, 0) is 19.3 Å². The van der Waals surface area contributed by atoms with Crippen LogP contribution in [0.15, 0.2) is 30.5 Å². The zero-order valence-electron chi connectivity index (χ0n) is 9.69. The van der Waals surface area contributed by atoms with Crippen LogP contribution in [0.4, 0.5) is 5.82 Å². The second kappa shape index (κ2) is 3.96. The van der Waals surface area contributed by atoms with Gasteiger partial charge in [-0.2, -0.15) is 5.10 Å². The van der Waals surface area contributed by atoms with Crippen LogP contribution in [-0.2, 0) is 0 Å². The fourth-order valence-electron chi connectivity index (χ4n) is 2.36. The molecule has 1 aromatic heterocycles. The average molecular weight is 228 g/mol. The van der Waals surface area contributed by atoms with E-state index in [1.54, 1.807) is 6.20 Å². The molecule has 0 saturated heterocycles. The molecule has 1 aromatic carbocycles. The van der Waals surface area contributed by atoms with Crippen molar-refractivity contribution in [3.63, 3.8) is 0 Å². The van der Waals surface area contributed by atoms with E-state index in [2.05, 4.69) is 21.6 Å². The third-order valence-corrected chi connectivity index (χ3v) is 3.66. The van der Waals surface area contributed by atoms with E-state index in [1.807, 2.05) is 18.2 Å². The fourth-order valence-corrected chi connectivity index (χ4v) is 2.36. The van der Waals surface area contributed by atoms with Crippen LogP contribution in [0, 0.1) is 0 Å². The van der Waals surface area contributed by atoms with Gasteiger partial charge in [-0.3, -0.25) is 0 Å². The van der Waals surface area contributed by atoms with E-state index in [-0.39, 0.29) is 5.54 Å². The van der Waals surface area contributed by atoms with Crippen molar-refractivity contribution in [2.45, 2.75) is 24.8 Å². The molecule has 2 aromatic rings. The van der Waals surface area contributed by atoms with Gasteiger partial charge in [0.1, 0.15) is 0 Å². The Morgan fingerprint density at radius 1 is 1.29 bits per heavy atom. The Morgan fingerprint density at radius 3 is 2.82 bits per heavy atom. The number of fused-ring (bicyclic) bond motifs is 1. The summed E-state index contributed by atoms with van der Waals surface area (Å²) in [5.41, 5.74) is 5.89. The number of rotatable bonds is 3. The van der Waals surface area contributed by atoms with Crippen LogP contribution in [0.25, 0.3) is 10.8 Å². The molecule has 0 aliphatic heterocycles. The molecule has 1 aliphatic rings. The van der Waals surface area contributed by atoms with Crippen molar-refractivity contribution in [2.24, 2.45) is 5.73 Å². The molecular formula is C13H16N4. The van der Waals surface area contributed by atoms with E-state index in [0.29, 0.717) is 6.54 Å². The van der Waals surface area contributed by atoms with Crippen LogP contribution in [-0.4, -0.2) is 22.3 Å². The highest BCUT2D eigenvalue weighted by atomic mass is 15.2. The third kappa shape index (κ3) is 1.74. The molecular weight excluding hydrogens is 212 g/mol. The maximum absolute atomic E-state index is 5.85. The molecule has 0 bridgehead atoms. The Hall–Kier alpha value is -1.68. The summed E-state index contributed by atoms with van der Waals surface area (Å²) >= 11 is 0. The number of nitrogens with zero attached hydrogens (tertiary/aromatic N) is 2. The fraction of sp³-hybridized carbons (Fsp3) is 0.385. The van der Waals surface area contributed by atoms with Crippen molar-refractivity contribution >= 4 is 16.6 Å². The minimum atomic E-state index is 0.0405. The topological polar surface area (TPSA) is 63.8 Å². The van der Waals surface area contributed by atoms with E-state index < -0.39 is 0 Å². The second-order valence-electron chi connectivity index (χ2n) is 4.74. The zero-order valence-corrected chi connectivity index (χ0v) is 9.69. The number of hydrogen-bond acceptors (Lipinski definition) is 4. The largest absolute Gasteiger partial charge is 0.361 e. The Kier molecular flexibility index (Phi) is 2.44. The lowest BCUT2D eigenvalue weighted by atomic mass is 9.77. The number of nitrogens with two attached hydrogens (primary N) is 1. The predicted octanol–water partition coefficient (Wildman–Crippen LogP) is 1.92. The average Bonchev–Trinajstić information content (AvgIpc) is 2.34. The standard InChI is InChI=1S/C13H16N4/c14-9-13(6-3-7-13)16-12-11-5-2-1-4-10(11)8-15-17-12/h1-2,4-5,8H,3,6-7,9,14H2,(H,16,17). The molecule has 88 valence electrons. The number of benzene rings is 1. The van der Waals surface area contributed by atoms with Gasteiger partial charge in [0.25, 0.3) is 0 Å². The summed E-state index contributed by atoms with van der Waals surface area (Å²) in [6, 6.07) is 8.14. The second-order valence-corrected chi connectivity index (χ2v) is 4.74. The van der Waals surface area contributed by atoms with E-state index >= 15 is 0 Å². The van der Waals surface area contributed by atoms with Gasteiger partial charge in [0, 0.05) is 17.3 Å². The van der Waals surface area contributed by atoms with Gasteiger partial charge in [-0.1, -0.05) is 24.3 Å². The molecule has 0 unspecified atom stereocenters. The molecule has 17 heavy (non-hydrogen) atoms. The van der Waals surface area contributed by atoms with Crippen molar-refractivity contribution < 1.29 is 0 Å². The Balaban J connectivity index is 2.00. The molecule has 1 saturated carbocycles. The number of anilines is 1. The molecule has 1 aliphatic carbocycles. The molecule has 1 heterocycles. The SMILES string of the molecule is NCC1(Nc2nncc3ccccc23)CCC1. The summed E-state index contributed by atoms with van der Waals surface area (Å²) < 4.78 is 0. The molecule has 1 fully saturated rings. The quantitative estimate of drug-likeness (QED) is 0.842. The van der Waals surface area contributed by atoms with E-state index in [9.17, 15) is 0 Å². The van der Waals surface area contributed by atoms with E-state index in [4.69, 9.17) is 5.73 Å². The predicted molar refractivity (Wildman–Crippen MR) is 68.8 cm³/mol. The monoisotopic (exact) mass is 228 g/mol. The molecule has 0 atom stereocenters. The van der Waals surface area contributed by atoms with Gasteiger partial charge in [-0.15, -0.1) is 5.10 Å². The molecule has 3 N–H and O–H groups in total. The van der Waals surface area contributed by atoms with Crippen molar-refractivity contribution in [2.75, 3.05) is 11.9 Å². The summed E-state index contributed by atoms with van der Waals surface area (Å²) in [7, 11) is 0. The van der Waals surface area contributed by atoms with Gasteiger partial charge in [0.2, 0.25) is 0 Å². The van der Waals surface area contributed by atoms with Crippen molar-refractivity contribution in [3.8, 4) is 0 Å². The van der Waals surface area contributed by atoms with Crippen molar-refractivity contribution in [1.82, 2.24) is 10.2 Å². The maximum atomic E-state index is 5.85. The number of nitrogens with one attached hydrogen (secondary N) is 1. The molecule has 0 amide bonds. The van der Waals surface area contributed by atoms with Gasteiger partial charge in [-0.25, -0.2) is 0 Å². The summed E-state index contributed by atoms with van der Waals surface area (Å²) in [4.78, 5) is 0. The summed E-state index contributed by atoms with van der Waals surface area (Å²) in [5, 5.41) is 13.9. The van der Waals surface area contributed by atoms with Gasteiger partial charge >= 0.3 is 0 Å². The lowest BCUT2D eigenvalue weighted by Crippen LogP contribution is -2.51. The number of aromatic nitrogens is 2. The van der Waals surface area contributed by atoms with Crippen molar-refractivity contribution in [3.05, 3.63) is 30.5 Å². The first-order chi connectivity index (χ1) is 8.33. The maximum Gasteiger partial charge on any atom is 0.157 e. The van der Waals surface area contributed by atoms with Crippen LogP contribution in [0.3, 0.4) is 0 Å². The van der Waals surface area contributed by atoms with Gasteiger partial charge in [0.05, 0.1) is 11.7 Å². The van der Waals surface area contributed by atoms with Gasteiger partial charge in [0.15, 0.2) is 5.82 Å². The molecule has 3 rings (SSSR count). The summed E-state index contributed by atoms with van der Waals surface area (Å²) in [6.45, 7) is 0.651. The highest BCUT2D eigenvalue weighted by molar-refractivity contribution is 5.91. The highest BCUT2D eigenvalue weighted by Crippen LogP contribution is 2.35. The lowest BCUT2D eigenvalue weighted by Gasteiger charge is -2.42. The van der Waals surface area contributed by atoms with E-state index in [0.717, 1.165) is 29.4 Å². The normalized spacial score (nSPS) is 17.7. The Labute approximate surface area is 100 Å². The van der Waals surface area contributed by atoms with Gasteiger partial charge < -0.3 is 11.1 Å². The molecule has 4 nitrogen and oxygen atoms in total.